The molecule has 208 valence electrons. The molecule has 3 aromatic heterocycles. The maximum atomic E-state index is 13.3. The van der Waals surface area contributed by atoms with Crippen molar-refractivity contribution in [1.82, 2.24) is 24.0 Å². The number of amides is 1. The Hall–Kier alpha value is -4.01. The zero-order chi connectivity index (χ0) is 28.5. The number of rotatable bonds is 4. The standard InChI is InChI=1S/C24H25N5O3.C4H9N.C2H6/c1-15(30)28-10-8-18(9-11-28)29-23-19-12-16(17-5-7-22(32-3)26-13-17)4-6-20(19)25-14-21(23)27(2)24(29)31;1-3-5-4-2;1-2/h4-7,12-14,18H,8-11H2,1-3H3;3H,4H2,1-2H3;1-2H3. The lowest BCUT2D eigenvalue weighted by molar-refractivity contribution is -0.130. The maximum absolute atomic E-state index is 13.3. The van der Waals surface area contributed by atoms with Crippen molar-refractivity contribution >= 4 is 34.1 Å². The smallest absolute Gasteiger partial charge is 0.329 e. The lowest BCUT2D eigenvalue weighted by atomic mass is 10.0. The molecular formula is C30H40N6O3. The summed E-state index contributed by atoms with van der Waals surface area (Å²) < 4.78 is 8.74. The van der Waals surface area contributed by atoms with Crippen LogP contribution in [0.2, 0.25) is 0 Å². The van der Waals surface area contributed by atoms with Gasteiger partial charge in [-0.05, 0) is 56.7 Å². The van der Waals surface area contributed by atoms with Crippen LogP contribution >= 0.6 is 0 Å². The van der Waals surface area contributed by atoms with E-state index in [1.165, 1.54) is 0 Å². The van der Waals surface area contributed by atoms with E-state index in [9.17, 15) is 9.59 Å². The summed E-state index contributed by atoms with van der Waals surface area (Å²) in [5, 5.41) is 0.933. The average molecular weight is 533 g/mol. The molecule has 0 unspecified atom stereocenters. The molecule has 4 heterocycles. The largest absolute Gasteiger partial charge is 0.481 e. The van der Waals surface area contributed by atoms with Gasteiger partial charge in [-0.15, -0.1) is 0 Å². The van der Waals surface area contributed by atoms with E-state index >= 15 is 0 Å². The third-order valence-electron chi connectivity index (χ3n) is 6.83. The molecule has 0 atom stereocenters. The Kier molecular flexibility index (Phi) is 10.4. The number of ether oxygens (including phenoxy) is 1. The molecule has 0 aliphatic carbocycles. The van der Waals surface area contributed by atoms with Gasteiger partial charge in [0.25, 0.3) is 0 Å². The molecule has 39 heavy (non-hydrogen) atoms. The van der Waals surface area contributed by atoms with E-state index in [-0.39, 0.29) is 17.6 Å². The fourth-order valence-electron chi connectivity index (χ4n) is 4.84. The highest BCUT2D eigenvalue weighted by Gasteiger charge is 2.26. The van der Waals surface area contributed by atoms with Crippen molar-refractivity contribution in [3.63, 3.8) is 0 Å². The normalized spacial score (nSPS) is 13.7. The SMILES string of the molecule is CC.CC=NCC.COc1ccc(-c2ccc3ncc4c(c3c2)n(C2CCN(C(C)=O)CC2)c(=O)n4C)cn1. The fraction of sp³-hybridized carbons (Fsp3) is 0.433. The van der Waals surface area contributed by atoms with Gasteiger partial charge < -0.3 is 9.64 Å². The quantitative estimate of drug-likeness (QED) is 0.334. The van der Waals surface area contributed by atoms with Crippen LogP contribution in [0.15, 0.2) is 52.5 Å². The fourth-order valence-corrected chi connectivity index (χ4v) is 4.84. The average Bonchev–Trinajstić information content (AvgIpc) is 3.24. The molecule has 5 rings (SSSR count). The molecule has 9 heteroatoms. The molecule has 0 spiro atoms. The minimum absolute atomic E-state index is 0.0405. The lowest BCUT2D eigenvalue weighted by Gasteiger charge is -2.32. The molecule has 1 amide bonds. The molecule has 0 N–H and O–H groups in total. The third-order valence-corrected chi connectivity index (χ3v) is 6.83. The number of pyridine rings is 2. The van der Waals surface area contributed by atoms with Crippen molar-refractivity contribution in [2.45, 2.75) is 53.5 Å². The number of hydrogen-bond acceptors (Lipinski definition) is 6. The molecule has 9 nitrogen and oxygen atoms in total. The summed E-state index contributed by atoms with van der Waals surface area (Å²) in [4.78, 5) is 39.6. The third kappa shape index (κ3) is 6.35. The molecule has 1 fully saturated rings. The molecule has 0 radical (unpaired) electrons. The van der Waals surface area contributed by atoms with Gasteiger partial charge in [0.15, 0.2) is 0 Å². The van der Waals surface area contributed by atoms with Crippen molar-refractivity contribution in [1.29, 1.82) is 0 Å². The van der Waals surface area contributed by atoms with Crippen LogP contribution in [0.25, 0.3) is 33.1 Å². The van der Waals surface area contributed by atoms with Gasteiger partial charge in [0, 0.05) is 62.9 Å². The number of methoxy groups -OCH3 is 1. The van der Waals surface area contributed by atoms with Crippen LogP contribution in [0, 0.1) is 0 Å². The second kappa shape index (κ2) is 13.7. The topological polar surface area (TPSA) is 94.6 Å². The van der Waals surface area contributed by atoms with Crippen molar-refractivity contribution in [2.24, 2.45) is 12.0 Å². The van der Waals surface area contributed by atoms with Gasteiger partial charge in [-0.2, -0.15) is 0 Å². The van der Waals surface area contributed by atoms with Gasteiger partial charge in [0.05, 0.1) is 29.9 Å². The Labute approximate surface area is 230 Å². The lowest BCUT2D eigenvalue weighted by Crippen LogP contribution is -2.39. The molecular weight excluding hydrogens is 492 g/mol. The predicted octanol–water partition coefficient (Wildman–Crippen LogP) is 5.27. The van der Waals surface area contributed by atoms with Crippen LogP contribution in [0.3, 0.4) is 0 Å². The first-order chi connectivity index (χ1) is 18.9. The number of piperidine rings is 1. The first-order valence-electron chi connectivity index (χ1n) is 13.6. The number of hydrogen-bond donors (Lipinski definition) is 0. The Balaban J connectivity index is 0.000000542. The summed E-state index contributed by atoms with van der Waals surface area (Å²) in [7, 11) is 3.38. The van der Waals surface area contributed by atoms with Gasteiger partial charge in [-0.25, -0.2) is 9.78 Å². The highest BCUT2D eigenvalue weighted by atomic mass is 16.5. The van der Waals surface area contributed by atoms with Crippen molar-refractivity contribution < 1.29 is 9.53 Å². The second-order valence-corrected chi connectivity index (χ2v) is 9.02. The summed E-state index contributed by atoms with van der Waals surface area (Å²) in [6.07, 6.45) is 6.87. The van der Waals surface area contributed by atoms with E-state index < -0.39 is 0 Å². The maximum Gasteiger partial charge on any atom is 0.329 e. The number of carbonyl (C=O) groups excluding carboxylic acids is 1. The molecule has 4 aromatic rings. The number of carbonyl (C=O) groups is 1. The van der Waals surface area contributed by atoms with Crippen LogP contribution < -0.4 is 10.4 Å². The Morgan fingerprint density at radius 1 is 1.10 bits per heavy atom. The number of imidazole rings is 1. The van der Waals surface area contributed by atoms with Crippen molar-refractivity contribution in [2.75, 3.05) is 26.7 Å². The monoisotopic (exact) mass is 532 g/mol. The molecule has 1 aliphatic heterocycles. The molecule has 0 bridgehead atoms. The van der Waals surface area contributed by atoms with E-state index in [1.54, 1.807) is 44.3 Å². The number of aryl methyl sites for hydroxylation is 1. The highest BCUT2D eigenvalue weighted by Crippen LogP contribution is 2.32. The Morgan fingerprint density at radius 2 is 1.79 bits per heavy atom. The van der Waals surface area contributed by atoms with Gasteiger partial charge in [0.1, 0.15) is 0 Å². The summed E-state index contributed by atoms with van der Waals surface area (Å²) >= 11 is 0. The summed E-state index contributed by atoms with van der Waals surface area (Å²) in [5.74, 6) is 0.647. The van der Waals surface area contributed by atoms with Gasteiger partial charge in [0.2, 0.25) is 11.8 Å². The highest BCUT2D eigenvalue weighted by molar-refractivity contribution is 6.04. The van der Waals surface area contributed by atoms with Crippen LogP contribution in [-0.4, -0.2) is 62.9 Å². The second-order valence-electron chi connectivity index (χ2n) is 9.02. The number of aliphatic imine (C=N–C) groups is 1. The number of likely N-dealkylation sites (tertiary alicyclic amines) is 1. The van der Waals surface area contributed by atoms with Crippen LogP contribution in [-0.2, 0) is 11.8 Å². The van der Waals surface area contributed by atoms with E-state index in [0.29, 0.717) is 19.0 Å². The molecule has 1 aromatic carbocycles. The minimum atomic E-state index is -0.0490. The minimum Gasteiger partial charge on any atom is -0.481 e. The van der Waals surface area contributed by atoms with Gasteiger partial charge in [-0.3, -0.25) is 23.9 Å². The van der Waals surface area contributed by atoms with Crippen LogP contribution in [0.5, 0.6) is 5.88 Å². The van der Waals surface area contributed by atoms with E-state index in [4.69, 9.17) is 4.74 Å². The predicted molar refractivity (Wildman–Crippen MR) is 159 cm³/mol. The van der Waals surface area contributed by atoms with Crippen LogP contribution in [0.1, 0.15) is 53.5 Å². The zero-order valence-electron chi connectivity index (χ0n) is 24.1. The van der Waals surface area contributed by atoms with Crippen molar-refractivity contribution in [3.8, 4) is 17.0 Å². The van der Waals surface area contributed by atoms with Gasteiger partial charge in [-0.1, -0.05) is 19.9 Å². The Bertz CT molecular complexity index is 1480. The number of aromatic nitrogens is 4. The molecule has 1 saturated heterocycles. The van der Waals surface area contributed by atoms with E-state index in [1.807, 2.05) is 61.4 Å². The summed E-state index contributed by atoms with van der Waals surface area (Å²) in [6, 6.07) is 9.92. The molecule has 0 saturated carbocycles. The number of fused-ring (bicyclic) bond motifs is 3. The van der Waals surface area contributed by atoms with E-state index in [0.717, 1.165) is 52.4 Å². The first-order valence-corrected chi connectivity index (χ1v) is 13.6. The number of benzene rings is 1. The van der Waals surface area contributed by atoms with E-state index in [2.05, 4.69) is 21.0 Å². The number of nitrogens with zero attached hydrogens (tertiary/aromatic N) is 6. The molecule has 1 aliphatic rings. The van der Waals surface area contributed by atoms with Crippen molar-refractivity contribution in [3.05, 3.63) is 53.2 Å². The summed E-state index contributed by atoms with van der Waals surface area (Å²) in [6.45, 7) is 11.8. The summed E-state index contributed by atoms with van der Waals surface area (Å²) in [5.41, 5.74) is 4.45. The van der Waals surface area contributed by atoms with Crippen LogP contribution in [0.4, 0.5) is 0 Å². The van der Waals surface area contributed by atoms with Gasteiger partial charge >= 0.3 is 5.69 Å². The Morgan fingerprint density at radius 3 is 2.33 bits per heavy atom. The zero-order valence-corrected chi connectivity index (χ0v) is 24.1. The first kappa shape index (κ1) is 29.5.